The molecule has 0 spiro atoms. The van der Waals surface area contributed by atoms with Gasteiger partial charge in [0, 0.05) is 6.04 Å². The molecule has 0 bridgehead atoms. The van der Waals surface area contributed by atoms with Gasteiger partial charge in [0.1, 0.15) is 0 Å². The van der Waals surface area contributed by atoms with Crippen molar-refractivity contribution in [1.82, 2.24) is 5.32 Å². The van der Waals surface area contributed by atoms with E-state index in [-0.39, 0.29) is 0 Å². The van der Waals surface area contributed by atoms with Crippen molar-refractivity contribution in [2.45, 2.75) is 70.8 Å². The lowest BCUT2D eigenvalue weighted by Gasteiger charge is -2.43. The third-order valence-corrected chi connectivity index (χ3v) is 4.98. The summed E-state index contributed by atoms with van der Waals surface area (Å²) < 4.78 is 0. The summed E-state index contributed by atoms with van der Waals surface area (Å²) in [5, 5.41) is 3.61. The van der Waals surface area contributed by atoms with Crippen LogP contribution in [0.2, 0.25) is 0 Å². The monoisotopic (exact) mass is 209 g/mol. The zero-order chi connectivity index (χ0) is 10.7. The highest BCUT2D eigenvalue weighted by Crippen LogP contribution is 2.43. The van der Waals surface area contributed by atoms with E-state index in [0.29, 0.717) is 5.41 Å². The van der Waals surface area contributed by atoms with Crippen LogP contribution in [-0.4, -0.2) is 13.1 Å². The van der Waals surface area contributed by atoms with Crippen LogP contribution in [0.1, 0.15) is 64.7 Å². The molecule has 0 aliphatic heterocycles. The van der Waals surface area contributed by atoms with Crippen molar-refractivity contribution in [3.8, 4) is 0 Å². The molecule has 1 atom stereocenters. The van der Waals surface area contributed by atoms with Gasteiger partial charge in [0.25, 0.3) is 0 Å². The molecule has 0 aromatic carbocycles. The van der Waals surface area contributed by atoms with Crippen molar-refractivity contribution in [2.75, 3.05) is 7.05 Å². The van der Waals surface area contributed by atoms with E-state index < -0.39 is 0 Å². The minimum Gasteiger partial charge on any atom is -0.316 e. The smallest absolute Gasteiger partial charge is 0.0120 e. The van der Waals surface area contributed by atoms with Crippen LogP contribution in [0, 0.1) is 11.3 Å². The highest BCUT2D eigenvalue weighted by atomic mass is 14.9. The highest BCUT2D eigenvalue weighted by molar-refractivity contribution is 4.91. The van der Waals surface area contributed by atoms with Gasteiger partial charge in [0.2, 0.25) is 0 Å². The summed E-state index contributed by atoms with van der Waals surface area (Å²) in [5.74, 6) is 1.04. The molecule has 0 aromatic heterocycles. The summed E-state index contributed by atoms with van der Waals surface area (Å²) in [7, 11) is 2.17. The number of hydrogen-bond acceptors (Lipinski definition) is 1. The third kappa shape index (κ3) is 2.55. The van der Waals surface area contributed by atoms with Gasteiger partial charge in [-0.15, -0.1) is 0 Å². The second-order valence-corrected chi connectivity index (χ2v) is 6.09. The molecule has 0 saturated heterocycles. The Bertz CT molecular complexity index is 190. The molecule has 15 heavy (non-hydrogen) atoms. The van der Waals surface area contributed by atoms with Crippen molar-refractivity contribution in [1.29, 1.82) is 0 Å². The topological polar surface area (TPSA) is 12.0 Å². The van der Waals surface area contributed by atoms with Gasteiger partial charge in [0.05, 0.1) is 0 Å². The average molecular weight is 209 g/mol. The fourth-order valence-electron chi connectivity index (χ4n) is 3.52. The maximum atomic E-state index is 3.61. The van der Waals surface area contributed by atoms with Crippen LogP contribution in [0.25, 0.3) is 0 Å². The molecule has 88 valence electrons. The standard InChI is InChI=1S/C14H27N/c1-14(9-4-3-5-10-14)13(15-2)11-12-7-6-8-12/h12-13,15H,3-11H2,1-2H3. The van der Waals surface area contributed by atoms with Gasteiger partial charge < -0.3 is 5.32 Å². The average Bonchev–Trinajstić information content (AvgIpc) is 2.17. The van der Waals surface area contributed by atoms with E-state index >= 15 is 0 Å². The summed E-state index contributed by atoms with van der Waals surface area (Å²) in [4.78, 5) is 0. The first kappa shape index (κ1) is 11.4. The molecule has 0 amide bonds. The fraction of sp³-hybridized carbons (Fsp3) is 1.00. The summed E-state index contributed by atoms with van der Waals surface area (Å²) in [6.07, 6.45) is 13.2. The van der Waals surface area contributed by atoms with Gasteiger partial charge in [-0.3, -0.25) is 0 Å². The molecule has 0 heterocycles. The summed E-state index contributed by atoms with van der Waals surface area (Å²) in [5.41, 5.74) is 0.600. The van der Waals surface area contributed by atoms with Gasteiger partial charge in [-0.05, 0) is 37.6 Å². The Labute approximate surface area is 95.0 Å². The van der Waals surface area contributed by atoms with Crippen molar-refractivity contribution >= 4 is 0 Å². The molecule has 0 aromatic rings. The Kier molecular flexibility index (Phi) is 3.71. The van der Waals surface area contributed by atoms with Crippen LogP contribution in [0.4, 0.5) is 0 Å². The Hall–Kier alpha value is -0.0400. The van der Waals surface area contributed by atoms with E-state index in [0.717, 1.165) is 12.0 Å². The van der Waals surface area contributed by atoms with Crippen molar-refractivity contribution in [3.63, 3.8) is 0 Å². The van der Waals surface area contributed by atoms with Crippen LogP contribution in [0.5, 0.6) is 0 Å². The van der Waals surface area contributed by atoms with E-state index in [2.05, 4.69) is 19.3 Å². The highest BCUT2D eigenvalue weighted by Gasteiger charge is 2.36. The lowest BCUT2D eigenvalue weighted by molar-refractivity contribution is 0.114. The predicted molar refractivity (Wildman–Crippen MR) is 66.0 cm³/mol. The van der Waals surface area contributed by atoms with E-state index in [9.17, 15) is 0 Å². The van der Waals surface area contributed by atoms with E-state index in [1.165, 1.54) is 57.8 Å². The predicted octanol–water partition coefficient (Wildman–Crippen LogP) is 3.74. The molecule has 2 saturated carbocycles. The SMILES string of the molecule is CNC(CC1CCC1)C1(C)CCCCC1. The zero-order valence-corrected chi connectivity index (χ0v) is 10.5. The molecule has 1 heteroatoms. The van der Waals surface area contributed by atoms with E-state index in [1.54, 1.807) is 0 Å². The molecule has 1 nitrogen and oxygen atoms in total. The molecule has 1 N–H and O–H groups in total. The lowest BCUT2D eigenvalue weighted by atomic mass is 9.66. The Balaban J connectivity index is 1.90. The molecule has 1 unspecified atom stereocenters. The molecule has 2 rings (SSSR count). The normalized spacial score (nSPS) is 28.4. The first-order valence-corrected chi connectivity index (χ1v) is 6.92. The lowest BCUT2D eigenvalue weighted by Crippen LogP contribution is -2.45. The molecule has 2 fully saturated rings. The maximum absolute atomic E-state index is 3.61. The molecular weight excluding hydrogens is 182 g/mol. The van der Waals surface area contributed by atoms with Crippen molar-refractivity contribution in [3.05, 3.63) is 0 Å². The molecule has 2 aliphatic carbocycles. The second kappa shape index (κ2) is 4.86. The first-order chi connectivity index (χ1) is 7.24. The quantitative estimate of drug-likeness (QED) is 0.744. The number of rotatable bonds is 4. The molecule has 2 aliphatic rings. The van der Waals surface area contributed by atoms with Crippen LogP contribution in [-0.2, 0) is 0 Å². The largest absolute Gasteiger partial charge is 0.316 e. The second-order valence-electron chi connectivity index (χ2n) is 6.09. The van der Waals surface area contributed by atoms with Gasteiger partial charge in [-0.1, -0.05) is 45.4 Å². The summed E-state index contributed by atoms with van der Waals surface area (Å²) in [6.45, 7) is 2.52. The third-order valence-electron chi connectivity index (χ3n) is 4.98. The Morgan fingerprint density at radius 1 is 1.13 bits per heavy atom. The molecular formula is C14H27N. The van der Waals surface area contributed by atoms with Crippen LogP contribution in [0.15, 0.2) is 0 Å². The van der Waals surface area contributed by atoms with Gasteiger partial charge in [-0.25, -0.2) is 0 Å². The minimum atomic E-state index is 0.600. The summed E-state index contributed by atoms with van der Waals surface area (Å²) in [6, 6.07) is 0.781. The Morgan fingerprint density at radius 3 is 2.27 bits per heavy atom. The first-order valence-electron chi connectivity index (χ1n) is 6.92. The van der Waals surface area contributed by atoms with Crippen LogP contribution in [0.3, 0.4) is 0 Å². The molecule has 0 radical (unpaired) electrons. The summed E-state index contributed by atoms with van der Waals surface area (Å²) >= 11 is 0. The van der Waals surface area contributed by atoms with Crippen molar-refractivity contribution < 1.29 is 0 Å². The van der Waals surface area contributed by atoms with E-state index in [1.807, 2.05) is 0 Å². The Morgan fingerprint density at radius 2 is 1.80 bits per heavy atom. The maximum Gasteiger partial charge on any atom is 0.0120 e. The minimum absolute atomic E-state index is 0.600. The number of nitrogens with one attached hydrogen (secondary N) is 1. The van der Waals surface area contributed by atoms with E-state index in [4.69, 9.17) is 0 Å². The zero-order valence-electron chi connectivity index (χ0n) is 10.5. The number of hydrogen-bond donors (Lipinski definition) is 1. The van der Waals surface area contributed by atoms with Gasteiger partial charge in [0.15, 0.2) is 0 Å². The van der Waals surface area contributed by atoms with Gasteiger partial charge >= 0.3 is 0 Å². The fourth-order valence-corrected chi connectivity index (χ4v) is 3.52. The van der Waals surface area contributed by atoms with Crippen LogP contribution < -0.4 is 5.32 Å². The van der Waals surface area contributed by atoms with Crippen LogP contribution >= 0.6 is 0 Å². The van der Waals surface area contributed by atoms with Crippen molar-refractivity contribution in [2.24, 2.45) is 11.3 Å². The van der Waals surface area contributed by atoms with Gasteiger partial charge in [-0.2, -0.15) is 0 Å².